The monoisotopic (exact) mass is 277 g/mol. The minimum atomic E-state index is 0.857. The maximum absolute atomic E-state index is 4.52. The molecule has 0 saturated heterocycles. The molecular formula is C18H19N3. The molecule has 2 aromatic heterocycles. The zero-order chi connectivity index (χ0) is 14.5. The number of aromatic nitrogens is 2. The molecule has 0 aliphatic rings. The van der Waals surface area contributed by atoms with Gasteiger partial charge in [0.2, 0.25) is 0 Å². The molecule has 0 bridgehead atoms. The Morgan fingerprint density at radius 1 is 1.00 bits per heavy atom. The van der Waals surface area contributed by atoms with Gasteiger partial charge in [-0.1, -0.05) is 25.1 Å². The van der Waals surface area contributed by atoms with Crippen molar-refractivity contribution in [2.45, 2.75) is 19.9 Å². The molecule has 0 unspecified atom stereocenters. The molecule has 0 radical (unpaired) electrons. The first-order valence-electron chi connectivity index (χ1n) is 7.36. The van der Waals surface area contributed by atoms with Crippen LogP contribution in [0.5, 0.6) is 0 Å². The summed E-state index contributed by atoms with van der Waals surface area (Å²) in [7, 11) is 0. The minimum Gasteiger partial charge on any atom is -0.313 e. The van der Waals surface area contributed by atoms with Gasteiger partial charge in [-0.15, -0.1) is 0 Å². The van der Waals surface area contributed by atoms with Crippen molar-refractivity contribution in [1.29, 1.82) is 0 Å². The van der Waals surface area contributed by atoms with Crippen LogP contribution < -0.4 is 5.32 Å². The largest absolute Gasteiger partial charge is 0.313 e. The van der Waals surface area contributed by atoms with Gasteiger partial charge in [-0.25, -0.2) is 0 Å². The van der Waals surface area contributed by atoms with Crippen LogP contribution in [0.4, 0.5) is 0 Å². The number of rotatable bonds is 5. The van der Waals surface area contributed by atoms with Gasteiger partial charge in [-0.2, -0.15) is 0 Å². The summed E-state index contributed by atoms with van der Waals surface area (Å²) in [4.78, 5) is 8.87. The number of nitrogens with one attached hydrogen (secondary N) is 1. The van der Waals surface area contributed by atoms with E-state index in [2.05, 4.69) is 40.4 Å². The Kier molecular flexibility index (Phi) is 4.22. The van der Waals surface area contributed by atoms with Crippen molar-refractivity contribution in [3.63, 3.8) is 0 Å². The first-order valence-corrected chi connectivity index (χ1v) is 7.36. The van der Waals surface area contributed by atoms with Crippen LogP contribution in [-0.4, -0.2) is 16.5 Å². The second kappa shape index (κ2) is 6.46. The second-order valence-corrected chi connectivity index (χ2v) is 5.18. The van der Waals surface area contributed by atoms with Crippen LogP contribution in [0.3, 0.4) is 0 Å². The smallest absolute Gasteiger partial charge is 0.0702 e. The molecule has 1 N–H and O–H groups in total. The third kappa shape index (κ3) is 3.26. The van der Waals surface area contributed by atoms with E-state index in [1.807, 2.05) is 36.8 Å². The van der Waals surface area contributed by atoms with Gasteiger partial charge in [0.25, 0.3) is 0 Å². The highest BCUT2D eigenvalue weighted by Crippen LogP contribution is 2.22. The van der Waals surface area contributed by atoms with Crippen LogP contribution in [0.1, 0.15) is 18.9 Å². The zero-order valence-corrected chi connectivity index (χ0v) is 12.2. The van der Waals surface area contributed by atoms with Gasteiger partial charge in [-0.3, -0.25) is 9.97 Å². The van der Waals surface area contributed by atoms with Crippen LogP contribution in [0, 0.1) is 0 Å². The van der Waals surface area contributed by atoms with E-state index >= 15 is 0 Å². The van der Waals surface area contributed by atoms with Gasteiger partial charge >= 0.3 is 0 Å². The number of hydrogen-bond donors (Lipinski definition) is 1. The Morgan fingerprint density at radius 2 is 1.86 bits per heavy atom. The van der Waals surface area contributed by atoms with E-state index in [1.165, 1.54) is 5.56 Å². The molecule has 1 aromatic carbocycles. The van der Waals surface area contributed by atoms with E-state index < -0.39 is 0 Å². The van der Waals surface area contributed by atoms with Crippen molar-refractivity contribution in [3.8, 4) is 11.1 Å². The summed E-state index contributed by atoms with van der Waals surface area (Å²) in [6.45, 7) is 4.06. The lowest BCUT2D eigenvalue weighted by Gasteiger charge is -2.07. The molecule has 0 fully saturated rings. The van der Waals surface area contributed by atoms with Crippen LogP contribution in [0.25, 0.3) is 22.0 Å². The van der Waals surface area contributed by atoms with Gasteiger partial charge in [0.15, 0.2) is 0 Å². The SMILES string of the molecule is CCCNCc1cncc(-c2cnc3ccccc3c2)c1. The zero-order valence-electron chi connectivity index (χ0n) is 12.2. The Balaban J connectivity index is 1.89. The molecule has 0 amide bonds. The highest BCUT2D eigenvalue weighted by Gasteiger charge is 2.02. The average molecular weight is 277 g/mol. The van der Waals surface area contributed by atoms with Crippen molar-refractivity contribution < 1.29 is 0 Å². The normalized spacial score (nSPS) is 10.9. The summed E-state index contributed by atoms with van der Waals surface area (Å²) >= 11 is 0. The van der Waals surface area contributed by atoms with Crippen molar-refractivity contribution in [1.82, 2.24) is 15.3 Å². The summed E-state index contributed by atoms with van der Waals surface area (Å²) in [6, 6.07) is 12.5. The molecule has 0 aliphatic carbocycles. The van der Waals surface area contributed by atoms with E-state index in [9.17, 15) is 0 Å². The Labute approximate surface area is 125 Å². The number of para-hydroxylation sites is 1. The van der Waals surface area contributed by atoms with Crippen molar-refractivity contribution in [2.75, 3.05) is 6.54 Å². The van der Waals surface area contributed by atoms with Gasteiger partial charge in [0.05, 0.1) is 5.52 Å². The molecule has 2 heterocycles. The number of pyridine rings is 2. The van der Waals surface area contributed by atoms with Gasteiger partial charge in [0.1, 0.15) is 0 Å². The molecule has 3 aromatic rings. The lowest BCUT2D eigenvalue weighted by atomic mass is 10.1. The fourth-order valence-corrected chi connectivity index (χ4v) is 2.38. The van der Waals surface area contributed by atoms with Crippen molar-refractivity contribution in [3.05, 3.63) is 60.6 Å². The minimum absolute atomic E-state index is 0.857. The van der Waals surface area contributed by atoms with Gasteiger partial charge in [-0.05, 0) is 36.7 Å². The van der Waals surface area contributed by atoms with Gasteiger partial charge < -0.3 is 5.32 Å². The van der Waals surface area contributed by atoms with Crippen LogP contribution >= 0.6 is 0 Å². The quantitative estimate of drug-likeness (QED) is 0.721. The van der Waals surface area contributed by atoms with Crippen LogP contribution in [0.15, 0.2) is 55.0 Å². The third-order valence-corrected chi connectivity index (χ3v) is 3.47. The van der Waals surface area contributed by atoms with E-state index in [1.54, 1.807) is 0 Å². The molecule has 3 nitrogen and oxygen atoms in total. The molecule has 0 atom stereocenters. The van der Waals surface area contributed by atoms with E-state index in [-0.39, 0.29) is 0 Å². The number of hydrogen-bond acceptors (Lipinski definition) is 3. The Morgan fingerprint density at radius 3 is 2.76 bits per heavy atom. The maximum Gasteiger partial charge on any atom is 0.0702 e. The molecule has 106 valence electrons. The van der Waals surface area contributed by atoms with Crippen LogP contribution in [0.2, 0.25) is 0 Å². The molecule has 0 aliphatic heterocycles. The molecule has 3 heteroatoms. The highest BCUT2D eigenvalue weighted by molar-refractivity contribution is 5.83. The molecule has 0 saturated carbocycles. The summed E-state index contributed by atoms with van der Waals surface area (Å²) in [5.41, 5.74) is 4.45. The summed E-state index contributed by atoms with van der Waals surface area (Å²) < 4.78 is 0. The second-order valence-electron chi connectivity index (χ2n) is 5.18. The van der Waals surface area contributed by atoms with E-state index in [4.69, 9.17) is 0 Å². The predicted molar refractivity (Wildman–Crippen MR) is 87.0 cm³/mol. The van der Waals surface area contributed by atoms with Crippen molar-refractivity contribution in [2.24, 2.45) is 0 Å². The van der Waals surface area contributed by atoms with Crippen LogP contribution in [-0.2, 0) is 6.54 Å². The first-order chi connectivity index (χ1) is 10.4. The third-order valence-electron chi connectivity index (χ3n) is 3.47. The number of nitrogens with zero attached hydrogens (tertiary/aromatic N) is 2. The first kappa shape index (κ1) is 13.7. The predicted octanol–water partition coefficient (Wildman–Crippen LogP) is 3.80. The van der Waals surface area contributed by atoms with Crippen molar-refractivity contribution >= 4 is 10.9 Å². The summed E-state index contributed by atoms with van der Waals surface area (Å²) in [5.74, 6) is 0. The molecule has 0 spiro atoms. The van der Waals surface area contributed by atoms with E-state index in [0.29, 0.717) is 0 Å². The standard InChI is InChI=1S/C18H19N3/c1-2-7-19-10-14-8-16(12-20-11-14)17-9-15-5-3-4-6-18(15)21-13-17/h3-6,8-9,11-13,19H,2,7,10H2,1H3. The lowest BCUT2D eigenvalue weighted by molar-refractivity contribution is 0.674. The fraction of sp³-hybridized carbons (Fsp3) is 0.222. The van der Waals surface area contributed by atoms with E-state index in [0.717, 1.165) is 41.5 Å². The lowest BCUT2D eigenvalue weighted by Crippen LogP contribution is -2.13. The highest BCUT2D eigenvalue weighted by atomic mass is 14.8. The van der Waals surface area contributed by atoms with Gasteiger partial charge in [0, 0.05) is 41.6 Å². The average Bonchev–Trinajstić information content (AvgIpc) is 2.55. The Hall–Kier alpha value is -2.26. The Bertz CT molecular complexity index is 737. The summed E-state index contributed by atoms with van der Waals surface area (Å²) in [6.07, 6.45) is 6.88. The maximum atomic E-state index is 4.52. The number of fused-ring (bicyclic) bond motifs is 1. The molecule has 3 rings (SSSR count). The fourth-order valence-electron chi connectivity index (χ4n) is 2.38. The molecular weight excluding hydrogens is 258 g/mol. The molecule has 21 heavy (non-hydrogen) atoms. The number of benzene rings is 1. The summed E-state index contributed by atoms with van der Waals surface area (Å²) in [5, 5.41) is 4.56. The topological polar surface area (TPSA) is 37.8 Å².